The van der Waals surface area contributed by atoms with Crippen molar-refractivity contribution in [3.05, 3.63) is 88.6 Å². The van der Waals surface area contributed by atoms with Crippen molar-refractivity contribution in [2.45, 2.75) is 24.8 Å². The van der Waals surface area contributed by atoms with Crippen LogP contribution in [0.1, 0.15) is 39.0 Å². The Bertz CT molecular complexity index is 1630. The fraction of sp³-hybridized carbons (Fsp3) is 0.222. The molecule has 0 aliphatic carbocycles. The second-order valence-corrected chi connectivity index (χ2v) is 10.7. The Morgan fingerprint density at radius 1 is 1.08 bits per heavy atom. The average molecular weight is 504 g/mol. The first-order chi connectivity index (χ1) is 17.3. The molecule has 5 rings (SSSR count). The zero-order valence-corrected chi connectivity index (χ0v) is 21.0. The molecule has 8 nitrogen and oxygen atoms in total. The number of sulfone groups is 1. The number of oxime groups is 1. The second kappa shape index (κ2) is 9.23. The van der Waals surface area contributed by atoms with Gasteiger partial charge in [-0.15, -0.1) is 0 Å². The summed E-state index contributed by atoms with van der Waals surface area (Å²) in [6.07, 6.45) is 3.08. The number of carbonyl (C=O) groups is 1. The second-order valence-electron chi connectivity index (χ2n) is 8.75. The van der Waals surface area contributed by atoms with Gasteiger partial charge in [-0.2, -0.15) is 5.10 Å². The van der Waals surface area contributed by atoms with Crippen LogP contribution in [-0.4, -0.2) is 42.6 Å². The Kier molecular flexibility index (Phi) is 6.09. The van der Waals surface area contributed by atoms with Gasteiger partial charge in [0, 0.05) is 30.9 Å². The largest absolute Gasteiger partial charge is 0.472 e. The van der Waals surface area contributed by atoms with Gasteiger partial charge in [0.05, 0.1) is 16.8 Å². The molecule has 0 saturated carbocycles. The third-order valence-corrected chi connectivity index (χ3v) is 7.48. The van der Waals surface area contributed by atoms with Crippen molar-refractivity contribution in [3.63, 3.8) is 0 Å². The number of aromatic nitrogens is 2. The van der Waals surface area contributed by atoms with Gasteiger partial charge in [0.25, 0.3) is 0 Å². The Labute approximate surface area is 209 Å². The molecular formula is C27H25N3O5S. The lowest BCUT2D eigenvalue weighted by Gasteiger charge is -2.15. The first-order valence-corrected chi connectivity index (χ1v) is 13.3. The highest BCUT2D eigenvalue weighted by Crippen LogP contribution is 2.30. The Morgan fingerprint density at radius 3 is 2.61 bits per heavy atom. The zero-order valence-electron chi connectivity index (χ0n) is 20.2. The van der Waals surface area contributed by atoms with E-state index in [1.54, 1.807) is 14.0 Å². The van der Waals surface area contributed by atoms with Gasteiger partial charge >= 0.3 is 0 Å². The van der Waals surface area contributed by atoms with Crippen molar-refractivity contribution >= 4 is 32.1 Å². The third kappa shape index (κ3) is 4.26. The number of ether oxygens (including phenoxy) is 1. The van der Waals surface area contributed by atoms with Crippen LogP contribution in [0.3, 0.4) is 0 Å². The molecule has 0 saturated heterocycles. The number of hydrogen-bond donors (Lipinski definition) is 0. The van der Waals surface area contributed by atoms with Crippen molar-refractivity contribution < 1.29 is 22.8 Å². The number of fused-ring (bicyclic) bond motifs is 1. The first kappa shape index (κ1) is 23.7. The van der Waals surface area contributed by atoms with Crippen LogP contribution in [0.4, 0.5) is 0 Å². The summed E-state index contributed by atoms with van der Waals surface area (Å²) >= 11 is 0. The predicted octanol–water partition coefficient (Wildman–Crippen LogP) is 4.22. The smallest absolute Gasteiger partial charge is 0.223 e. The van der Waals surface area contributed by atoms with Gasteiger partial charge in [-0.1, -0.05) is 47.6 Å². The summed E-state index contributed by atoms with van der Waals surface area (Å²) in [6, 6.07) is 17.0. The number of nitrogens with zero attached hydrogens (tertiary/aromatic N) is 3. The van der Waals surface area contributed by atoms with Gasteiger partial charge in [-0.05, 0) is 41.0 Å². The number of hydrogen-bond acceptors (Lipinski definition) is 7. The van der Waals surface area contributed by atoms with Crippen LogP contribution >= 0.6 is 0 Å². The number of rotatable bonds is 7. The van der Waals surface area contributed by atoms with E-state index in [2.05, 4.69) is 10.3 Å². The van der Waals surface area contributed by atoms with Crippen LogP contribution in [0.5, 0.6) is 5.88 Å². The zero-order chi connectivity index (χ0) is 25.4. The lowest BCUT2D eigenvalue weighted by molar-refractivity contribution is 0.103. The quantitative estimate of drug-likeness (QED) is 0.350. The number of ketones is 1. The van der Waals surface area contributed by atoms with Gasteiger partial charge in [-0.3, -0.25) is 4.79 Å². The lowest BCUT2D eigenvalue weighted by atomic mass is 9.93. The topological polar surface area (TPSA) is 99.9 Å². The van der Waals surface area contributed by atoms with E-state index in [1.165, 1.54) is 23.0 Å². The van der Waals surface area contributed by atoms with Gasteiger partial charge in [0.15, 0.2) is 15.6 Å². The van der Waals surface area contributed by atoms with Crippen molar-refractivity contribution in [3.8, 4) is 5.88 Å². The molecule has 0 atom stereocenters. The summed E-state index contributed by atoms with van der Waals surface area (Å²) in [6.45, 7) is 2.35. The van der Waals surface area contributed by atoms with E-state index in [1.807, 2.05) is 42.5 Å². The van der Waals surface area contributed by atoms with E-state index < -0.39 is 9.84 Å². The summed E-state index contributed by atoms with van der Waals surface area (Å²) in [7, 11) is -1.84. The normalized spacial score (nSPS) is 13.5. The molecule has 0 amide bonds. The van der Waals surface area contributed by atoms with E-state index in [-0.39, 0.29) is 17.3 Å². The molecule has 1 aromatic heterocycles. The standard InChI is InChI=1S/C27H25N3O5S/c1-17-20(11-12-24(36(3,32)33)25(17)23-13-14-35-29-23)26(31)22-15-28-30(2)27(22)34-16-19-9-6-8-18-7-4-5-10-21(18)19/h4-12,15H,13-14,16H2,1-3H3. The molecule has 1 aliphatic heterocycles. The molecule has 0 radical (unpaired) electrons. The predicted molar refractivity (Wildman–Crippen MR) is 136 cm³/mol. The summed E-state index contributed by atoms with van der Waals surface area (Å²) in [5.74, 6) is 0.0250. The highest BCUT2D eigenvalue weighted by atomic mass is 32.2. The molecule has 3 aromatic carbocycles. The van der Waals surface area contributed by atoms with E-state index in [0.717, 1.165) is 22.6 Å². The molecule has 0 spiro atoms. The lowest BCUT2D eigenvalue weighted by Crippen LogP contribution is -2.15. The Morgan fingerprint density at radius 2 is 1.86 bits per heavy atom. The molecule has 0 bridgehead atoms. The maximum atomic E-state index is 13.7. The highest BCUT2D eigenvalue weighted by molar-refractivity contribution is 7.90. The van der Waals surface area contributed by atoms with Crippen molar-refractivity contribution in [1.29, 1.82) is 0 Å². The number of carbonyl (C=O) groups excluding carboxylic acids is 1. The van der Waals surface area contributed by atoms with Crippen LogP contribution in [0.2, 0.25) is 0 Å². The minimum Gasteiger partial charge on any atom is -0.472 e. The summed E-state index contributed by atoms with van der Waals surface area (Å²) in [5, 5.41) is 10.5. The average Bonchev–Trinajstić information content (AvgIpc) is 3.51. The molecule has 0 N–H and O–H groups in total. The minimum atomic E-state index is -3.55. The fourth-order valence-electron chi connectivity index (χ4n) is 4.55. The molecule has 0 fully saturated rings. The Hall–Kier alpha value is -3.98. The summed E-state index contributed by atoms with van der Waals surface area (Å²) < 4.78 is 32.6. The van der Waals surface area contributed by atoms with Gasteiger partial charge < -0.3 is 9.57 Å². The highest BCUT2D eigenvalue weighted by Gasteiger charge is 2.28. The van der Waals surface area contributed by atoms with Crippen LogP contribution in [0.25, 0.3) is 10.8 Å². The molecule has 0 unspecified atom stereocenters. The minimum absolute atomic E-state index is 0.124. The number of aryl methyl sites for hydroxylation is 1. The fourth-order valence-corrected chi connectivity index (χ4v) is 5.50. The van der Waals surface area contributed by atoms with Gasteiger partial charge in [0.2, 0.25) is 5.88 Å². The first-order valence-electron chi connectivity index (χ1n) is 11.4. The van der Waals surface area contributed by atoms with Crippen LogP contribution in [-0.2, 0) is 28.3 Å². The summed E-state index contributed by atoms with van der Waals surface area (Å²) in [4.78, 5) is 18.9. The molecular weight excluding hydrogens is 478 g/mol. The van der Waals surface area contributed by atoms with Crippen LogP contribution < -0.4 is 4.74 Å². The SMILES string of the molecule is Cc1c(C(=O)c2cnn(C)c2OCc2cccc3ccccc23)ccc(S(C)(=O)=O)c1C1=NOCC1. The molecule has 9 heteroatoms. The monoisotopic (exact) mass is 503 g/mol. The number of benzene rings is 3. The van der Waals surface area contributed by atoms with Crippen LogP contribution in [0, 0.1) is 6.92 Å². The molecule has 1 aliphatic rings. The van der Waals surface area contributed by atoms with E-state index in [4.69, 9.17) is 9.57 Å². The van der Waals surface area contributed by atoms with E-state index in [9.17, 15) is 13.2 Å². The Balaban J connectivity index is 1.52. The van der Waals surface area contributed by atoms with Crippen molar-refractivity contribution in [1.82, 2.24) is 9.78 Å². The van der Waals surface area contributed by atoms with E-state index >= 15 is 0 Å². The van der Waals surface area contributed by atoms with E-state index in [0.29, 0.717) is 46.9 Å². The molecule has 184 valence electrons. The van der Waals surface area contributed by atoms with Crippen molar-refractivity contribution in [2.75, 3.05) is 12.9 Å². The summed E-state index contributed by atoms with van der Waals surface area (Å²) in [5.41, 5.74) is 3.10. The van der Waals surface area contributed by atoms with Gasteiger partial charge in [0.1, 0.15) is 18.8 Å². The molecule has 4 aromatic rings. The molecule has 2 heterocycles. The molecule has 36 heavy (non-hydrogen) atoms. The maximum absolute atomic E-state index is 13.7. The van der Waals surface area contributed by atoms with Crippen LogP contribution in [0.15, 0.2) is 70.8 Å². The van der Waals surface area contributed by atoms with Gasteiger partial charge in [-0.25, -0.2) is 13.1 Å². The third-order valence-electron chi connectivity index (χ3n) is 6.34. The maximum Gasteiger partial charge on any atom is 0.223 e. The van der Waals surface area contributed by atoms with Crippen molar-refractivity contribution in [2.24, 2.45) is 12.2 Å².